The Balaban J connectivity index is 1.98. The van der Waals surface area contributed by atoms with E-state index < -0.39 is 5.41 Å². The van der Waals surface area contributed by atoms with Crippen LogP contribution in [0.2, 0.25) is 0 Å². The van der Waals surface area contributed by atoms with Crippen molar-refractivity contribution in [1.82, 2.24) is 4.98 Å². The van der Waals surface area contributed by atoms with Gasteiger partial charge in [-0.3, -0.25) is 9.59 Å². The van der Waals surface area contributed by atoms with Crippen LogP contribution in [0.15, 0.2) is 48.5 Å². The highest BCUT2D eigenvalue weighted by Crippen LogP contribution is 2.49. The van der Waals surface area contributed by atoms with Gasteiger partial charge < -0.3 is 9.72 Å². The third-order valence-electron chi connectivity index (χ3n) is 6.05. The van der Waals surface area contributed by atoms with Crippen molar-refractivity contribution in [3.05, 3.63) is 65.4 Å². The van der Waals surface area contributed by atoms with E-state index in [0.717, 1.165) is 34.3 Å². The number of hydrogen-bond acceptors (Lipinski definition) is 3. The summed E-state index contributed by atoms with van der Waals surface area (Å²) in [7, 11) is 1.65. The lowest BCUT2D eigenvalue weighted by Crippen LogP contribution is -2.45. The van der Waals surface area contributed by atoms with Crippen molar-refractivity contribution >= 4 is 22.5 Å². The molecule has 1 aromatic heterocycles. The van der Waals surface area contributed by atoms with Gasteiger partial charge >= 0.3 is 0 Å². The first-order valence-electron chi connectivity index (χ1n) is 9.26. The van der Waals surface area contributed by atoms with Gasteiger partial charge in [0.15, 0.2) is 0 Å². The van der Waals surface area contributed by atoms with Gasteiger partial charge in [-0.15, -0.1) is 0 Å². The third kappa shape index (κ3) is 2.51. The Hall–Kier alpha value is -2.88. The molecule has 0 bridgehead atoms. The van der Waals surface area contributed by atoms with Gasteiger partial charge in [-0.1, -0.05) is 30.3 Å². The van der Waals surface area contributed by atoms with E-state index in [2.05, 4.69) is 23.2 Å². The summed E-state index contributed by atoms with van der Waals surface area (Å²) in [6, 6.07) is 16.1. The van der Waals surface area contributed by atoms with Crippen LogP contribution in [0, 0.1) is 0 Å². The van der Waals surface area contributed by atoms with Crippen LogP contribution in [0.4, 0.5) is 0 Å². The summed E-state index contributed by atoms with van der Waals surface area (Å²) in [5.74, 6) is 0.774. The van der Waals surface area contributed by atoms with Crippen LogP contribution in [0.25, 0.3) is 10.9 Å². The molecular formula is C23H23NO3. The average molecular weight is 361 g/mol. The van der Waals surface area contributed by atoms with Gasteiger partial charge in [0, 0.05) is 22.5 Å². The van der Waals surface area contributed by atoms with Crippen LogP contribution in [0.1, 0.15) is 49.4 Å². The Morgan fingerprint density at radius 3 is 2.33 bits per heavy atom. The monoisotopic (exact) mass is 361 g/mol. The quantitative estimate of drug-likeness (QED) is 0.695. The van der Waals surface area contributed by atoms with Gasteiger partial charge in [0.05, 0.1) is 7.11 Å². The zero-order valence-corrected chi connectivity index (χ0v) is 15.8. The SMILES string of the molecule is COc1ccc(C2CCC(C(C)=O)(C(C)=O)c3[nH]c4ccccc4c32)cc1. The molecule has 0 spiro atoms. The van der Waals surface area contributed by atoms with Crippen molar-refractivity contribution in [2.45, 2.75) is 38.0 Å². The van der Waals surface area contributed by atoms with Gasteiger partial charge in [-0.2, -0.15) is 0 Å². The molecule has 1 unspecified atom stereocenters. The highest BCUT2D eigenvalue weighted by atomic mass is 16.5. The molecule has 0 saturated heterocycles. The zero-order chi connectivity index (χ0) is 19.2. The van der Waals surface area contributed by atoms with Crippen LogP contribution >= 0.6 is 0 Å². The number of benzene rings is 2. The first kappa shape index (κ1) is 17.5. The van der Waals surface area contributed by atoms with Gasteiger partial charge in [0.2, 0.25) is 0 Å². The van der Waals surface area contributed by atoms with Crippen molar-refractivity contribution in [2.24, 2.45) is 0 Å². The minimum atomic E-state index is -1.07. The van der Waals surface area contributed by atoms with Crippen LogP contribution in [0.3, 0.4) is 0 Å². The number of rotatable bonds is 4. The van der Waals surface area contributed by atoms with Gasteiger partial charge in [-0.25, -0.2) is 0 Å². The van der Waals surface area contributed by atoms with Gasteiger partial charge in [0.25, 0.3) is 0 Å². The van der Waals surface area contributed by atoms with Crippen LogP contribution in [-0.2, 0) is 15.0 Å². The van der Waals surface area contributed by atoms with Crippen LogP contribution < -0.4 is 4.74 Å². The van der Waals surface area contributed by atoms with Crippen molar-refractivity contribution in [2.75, 3.05) is 7.11 Å². The lowest BCUT2D eigenvalue weighted by atomic mass is 9.64. The molecule has 138 valence electrons. The summed E-state index contributed by atoms with van der Waals surface area (Å²) in [5.41, 5.74) is 2.91. The molecule has 0 fully saturated rings. The first-order chi connectivity index (χ1) is 13.0. The summed E-state index contributed by atoms with van der Waals surface area (Å²) >= 11 is 0. The maximum absolute atomic E-state index is 12.7. The number of H-pyrrole nitrogens is 1. The lowest BCUT2D eigenvalue weighted by Gasteiger charge is -2.37. The molecule has 1 aliphatic carbocycles. The highest BCUT2D eigenvalue weighted by Gasteiger charge is 2.49. The topological polar surface area (TPSA) is 59.2 Å². The largest absolute Gasteiger partial charge is 0.497 e. The van der Waals surface area contributed by atoms with Crippen LogP contribution in [-0.4, -0.2) is 23.7 Å². The van der Waals surface area contributed by atoms with Crippen molar-refractivity contribution < 1.29 is 14.3 Å². The lowest BCUT2D eigenvalue weighted by molar-refractivity contribution is -0.133. The van der Waals surface area contributed by atoms with E-state index in [1.165, 1.54) is 19.4 Å². The standard InChI is InChI=1S/C23H23NO3/c1-14(25)23(15(2)26)13-12-18(16-8-10-17(27-3)11-9-16)21-19-6-4-5-7-20(19)24-22(21)23/h4-11,18,24H,12-13H2,1-3H3. The highest BCUT2D eigenvalue weighted by molar-refractivity contribution is 6.12. The maximum atomic E-state index is 12.7. The van der Waals surface area contributed by atoms with E-state index in [-0.39, 0.29) is 17.5 Å². The molecule has 1 N–H and O–H groups in total. The van der Waals surface area contributed by atoms with E-state index >= 15 is 0 Å². The number of ketones is 2. The molecule has 1 heterocycles. The number of Topliss-reactive ketones (excluding diaryl/α,β-unsaturated/α-hetero) is 2. The molecule has 4 nitrogen and oxygen atoms in total. The molecule has 0 aliphatic heterocycles. The van der Waals surface area contributed by atoms with Gasteiger partial charge in [-0.05, 0) is 56.0 Å². The van der Waals surface area contributed by atoms with Crippen molar-refractivity contribution in [3.8, 4) is 5.75 Å². The summed E-state index contributed by atoms with van der Waals surface area (Å²) in [4.78, 5) is 28.8. The van der Waals surface area contributed by atoms with E-state index in [1.54, 1.807) is 7.11 Å². The number of nitrogens with one attached hydrogen (secondary N) is 1. The van der Waals surface area contributed by atoms with E-state index in [4.69, 9.17) is 4.74 Å². The van der Waals surface area contributed by atoms with E-state index in [1.807, 2.05) is 30.3 Å². The summed E-state index contributed by atoms with van der Waals surface area (Å²) < 4.78 is 5.28. The normalized spacial score (nSPS) is 18.1. The molecule has 1 aliphatic rings. The number of fused-ring (bicyclic) bond motifs is 3. The summed E-state index contributed by atoms with van der Waals surface area (Å²) in [6.07, 6.45) is 1.27. The minimum absolute atomic E-state index is 0.0870. The number of aromatic amines is 1. The molecule has 0 amide bonds. The molecule has 3 aromatic rings. The predicted molar refractivity (Wildman–Crippen MR) is 105 cm³/mol. The minimum Gasteiger partial charge on any atom is -0.497 e. The summed E-state index contributed by atoms with van der Waals surface area (Å²) in [6.45, 7) is 3.06. The van der Waals surface area contributed by atoms with Gasteiger partial charge in [0.1, 0.15) is 22.7 Å². The predicted octanol–water partition coefficient (Wildman–Crippen LogP) is 4.52. The number of ether oxygens (including phenoxy) is 1. The number of aromatic nitrogens is 1. The van der Waals surface area contributed by atoms with E-state index in [9.17, 15) is 9.59 Å². The molecule has 4 heteroatoms. The second-order valence-electron chi connectivity index (χ2n) is 7.34. The molecule has 4 rings (SSSR count). The van der Waals surface area contributed by atoms with E-state index in [0.29, 0.717) is 6.42 Å². The summed E-state index contributed by atoms with van der Waals surface area (Å²) in [5, 5.41) is 1.08. The Kier molecular flexibility index (Phi) is 4.14. The number of hydrogen-bond donors (Lipinski definition) is 1. The molecule has 2 aromatic carbocycles. The van der Waals surface area contributed by atoms with Crippen LogP contribution in [0.5, 0.6) is 5.75 Å². The Bertz CT molecular complexity index is 1020. The molecule has 27 heavy (non-hydrogen) atoms. The Morgan fingerprint density at radius 1 is 1.04 bits per heavy atom. The Morgan fingerprint density at radius 2 is 1.70 bits per heavy atom. The molecule has 0 radical (unpaired) electrons. The number of para-hydroxylation sites is 1. The number of carbonyl (C=O) groups excluding carboxylic acids is 2. The van der Waals surface area contributed by atoms with Crippen molar-refractivity contribution in [1.29, 1.82) is 0 Å². The maximum Gasteiger partial charge on any atom is 0.149 e. The second-order valence-corrected chi connectivity index (χ2v) is 7.34. The number of carbonyl (C=O) groups is 2. The zero-order valence-electron chi connectivity index (χ0n) is 15.8. The average Bonchev–Trinajstić information content (AvgIpc) is 3.07. The Labute approximate surface area is 158 Å². The second kappa shape index (κ2) is 6.38. The fourth-order valence-electron chi connectivity index (χ4n) is 4.61. The number of methoxy groups -OCH3 is 1. The fraction of sp³-hybridized carbons (Fsp3) is 0.304. The third-order valence-corrected chi connectivity index (χ3v) is 6.05. The fourth-order valence-corrected chi connectivity index (χ4v) is 4.61. The smallest absolute Gasteiger partial charge is 0.149 e. The van der Waals surface area contributed by atoms with Crippen molar-refractivity contribution in [3.63, 3.8) is 0 Å². The molecular weight excluding hydrogens is 338 g/mol. The molecule has 1 atom stereocenters. The molecule has 0 saturated carbocycles. The first-order valence-corrected chi connectivity index (χ1v) is 9.26.